The average Bonchev–Trinajstić information content (AvgIpc) is 2.23. The maximum Gasteiger partial charge on any atom is 0.305 e. The average molecular weight is 239 g/mol. The van der Waals surface area contributed by atoms with Crippen LogP contribution in [-0.4, -0.2) is 23.3 Å². The molecule has 0 aliphatic rings. The van der Waals surface area contributed by atoms with Gasteiger partial charge in [-0.15, -0.1) is 0 Å². The van der Waals surface area contributed by atoms with Crippen LogP contribution < -0.4 is 10.5 Å². The molecule has 1 unspecified atom stereocenters. The normalized spacial score (nSPS) is 12.2. The largest absolute Gasteiger partial charge is 0.504 e. The molecule has 0 saturated carbocycles. The highest BCUT2D eigenvalue weighted by molar-refractivity contribution is 5.68. The molecule has 0 bridgehead atoms. The maximum atomic E-state index is 10.6. The zero-order chi connectivity index (χ0) is 13.2. The first-order valence-corrected chi connectivity index (χ1v) is 5.22. The van der Waals surface area contributed by atoms with Gasteiger partial charge in [-0.3, -0.25) is 4.79 Å². The molecule has 1 aromatic rings. The van der Waals surface area contributed by atoms with Crippen molar-refractivity contribution in [2.75, 3.05) is 7.11 Å². The summed E-state index contributed by atoms with van der Waals surface area (Å²) in [6.45, 7) is 3.46. The topological polar surface area (TPSA) is 92.8 Å². The Morgan fingerprint density at radius 1 is 1.53 bits per heavy atom. The van der Waals surface area contributed by atoms with E-state index in [0.29, 0.717) is 22.4 Å². The number of rotatable bonds is 4. The van der Waals surface area contributed by atoms with Gasteiger partial charge in [0.25, 0.3) is 0 Å². The van der Waals surface area contributed by atoms with Crippen LogP contribution in [0.25, 0.3) is 0 Å². The highest BCUT2D eigenvalue weighted by Gasteiger charge is 2.19. The SMILES string of the molecule is COc1c(C)c(C(N)CC(=O)O)cc(C)c1O. The van der Waals surface area contributed by atoms with E-state index in [0.717, 1.165) is 0 Å². The molecule has 17 heavy (non-hydrogen) atoms. The predicted molar refractivity (Wildman–Crippen MR) is 63.3 cm³/mol. The van der Waals surface area contributed by atoms with E-state index < -0.39 is 12.0 Å². The quantitative estimate of drug-likeness (QED) is 0.740. The molecule has 5 heteroatoms. The van der Waals surface area contributed by atoms with E-state index in [1.54, 1.807) is 19.9 Å². The van der Waals surface area contributed by atoms with Crippen LogP contribution in [-0.2, 0) is 4.79 Å². The van der Waals surface area contributed by atoms with E-state index in [-0.39, 0.29) is 12.2 Å². The summed E-state index contributed by atoms with van der Waals surface area (Å²) in [5.74, 6) is -0.543. The molecule has 0 fully saturated rings. The van der Waals surface area contributed by atoms with E-state index in [1.807, 2.05) is 0 Å². The fourth-order valence-corrected chi connectivity index (χ4v) is 1.83. The lowest BCUT2D eigenvalue weighted by molar-refractivity contribution is -0.137. The molecular formula is C12H17NO4. The Labute approximate surface area is 99.8 Å². The summed E-state index contributed by atoms with van der Waals surface area (Å²) in [6.07, 6.45) is -0.159. The Morgan fingerprint density at radius 3 is 2.59 bits per heavy atom. The molecule has 1 atom stereocenters. The minimum atomic E-state index is -0.957. The molecule has 0 aliphatic heterocycles. The zero-order valence-electron chi connectivity index (χ0n) is 10.2. The number of carbonyl (C=O) groups is 1. The number of aliphatic carboxylic acids is 1. The third-order valence-electron chi connectivity index (χ3n) is 2.73. The first kappa shape index (κ1) is 13.3. The Balaban J connectivity index is 3.25. The van der Waals surface area contributed by atoms with Gasteiger partial charge in [0, 0.05) is 6.04 Å². The van der Waals surface area contributed by atoms with Crippen LogP contribution in [0.1, 0.15) is 29.2 Å². The molecule has 0 saturated heterocycles. The number of hydrogen-bond acceptors (Lipinski definition) is 4. The Morgan fingerprint density at radius 2 is 2.12 bits per heavy atom. The number of hydrogen-bond donors (Lipinski definition) is 3. The molecule has 0 amide bonds. The van der Waals surface area contributed by atoms with Gasteiger partial charge in [-0.2, -0.15) is 0 Å². The molecule has 0 heterocycles. The third-order valence-corrected chi connectivity index (χ3v) is 2.73. The number of methoxy groups -OCH3 is 1. The Bertz CT molecular complexity index is 443. The second-order valence-corrected chi connectivity index (χ2v) is 3.99. The fourth-order valence-electron chi connectivity index (χ4n) is 1.83. The monoisotopic (exact) mass is 239 g/mol. The smallest absolute Gasteiger partial charge is 0.305 e. The number of carboxylic acids is 1. The van der Waals surface area contributed by atoms with Gasteiger partial charge >= 0.3 is 5.97 Å². The molecule has 0 radical (unpaired) electrons. The van der Waals surface area contributed by atoms with E-state index in [1.165, 1.54) is 7.11 Å². The number of nitrogens with two attached hydrogens (primary N) is 1. The minimum absolute atomic E-state index is 0.0660. The lowest BCUT2D eigenvalue weighted by Gasteiger charge is -2.18. The minimum Gasteiger partial charge on any atom is -0.504 e. The van der Waals surface area contributed by atoms with Gasteiger partial charge in [-0.25, -0.2) is 0 Å². The van der Waals surface area contributed by atoms with Crippen molar-refractivity contribution in [3.8, 4) is 11.5 Å². The molecule has 0 spiro atoms. The zero-order valence-corrected chi connectivity index (χ0v) is 10.2. The number of ether oxygens (including phenoxy) is 1. The second kappa shape index (κ2) is 5.05. The van der Waals surface area contributed by atoms with E-state index in [2.05, 4.69) is 0 Å². The number of aryl methyl sites for hydroxylation is 1. The van der Waals surface area contributed by atoms with Gasteiger partial charge in [0.15, 0.2) is 11.5 Å². The van der Waals surface area contributed by atoms with E-state index >= 15 is 0 Å². The van der Waals surface area contributed by atoms with Crippen molar-refractivity contribution in [1.82, 2.24) is 0 Å². The summed E-state index contributed by atoms with van der Waals surface area (Å²) < 4.78 is 5.10. The summed E-state index contributed by atoms with van der Waals surface area (Å²) in [4.78, 5) is 10.6. The van der Waals surface area contributed by atoms with Crippen LogP contribution in [0.4, 0.5) is 0 Å². The lowest BCUT2D eigenvalue weighted by atomic mass is 9.96. The molecule has 1 rings (SSSR count). The highest BCUT2D eigenvalue weighted by Crippen LogP contribution is 2.37. The van der Waals surface area contributed by atoms with Gasteiger partial charge in [-0.05, 0) is 30.5 Å². The molecule has 4 N–H and O–H groups in total. The van der Waals surface area contributed by atoms with Crippen molar-refractivity contribution in [2.45, 2.75) is 26.3 Å². The molecule has 0 aliphatic carbocycles. The predicted octanol–water partition coefficient (Wildman–Crippen LogP) is 1.49. The van der Waals surface area contributed by atoms with Crippen molar-refractivity contribution in [3.05, 3.63) is 22.8 Å². The van der Waals surface area contributed by atoms with Gasteiger partial charge < -0.3 is 20.7 Å². The maximum absolute atomic E-state index is 10.6. The van der Waals surface area contributed by atoms with Crippen molar-refractivity contribution in [3.63, 3.8) is 0 Å². The Hall–Kier alpha value is -1.75. The summed E-state index contributed by atoms with van der Waals surface area (Å²) >= 11 is 0. The van der Waals surface area contributed by atoms with E-state index in [9.17, 15) is 9.90 Å². The van der Waals surface area contributed by atoms with Crippen LogP contribution in [0.15, 0.2) is 6.07 Å². The summed E-state index contributed by atoms with van der Waals surface area (Å²) in [7, 11) is 1.45. The van der Waals surface area contributed by atoms with Crippen LogP contribution in [0.3, 0.4) is 0 Å². The van der Waals surface area contributed by atoms with E-state index in [4.69, 9.17) is 15.6 Å². The molecule has 5 nitrogen and oxygen atoms in total. The lowest BCUT2D eigenvalue weighted by Crippen LogP contribution is -2.16. The Kier molecular flexibility index (Phi) is 3.96. The molecule has 0 aromatic heterocycles. The van der Waals surface area contributed by atoms with Crippen LogP contribution in [0.5, 0.6) is 11.5 Å². The number of aromatic hydroxyl groups is 1. The number of phenols is 1. The number of benzene rings is 1. The van der Waals surface area contributed by atoms with Gasteiger partial charge in [0.05, 0.1) is 13.5 Å². The van der Waals surface area contributed by atoms with Gasteiger partial charge in [-0.1, -0.05) is 6.07 Å². The van der Waals surface area contributed by atoms with Crippen LogP contribution >= 0.6 is 0 Å². The van der Waals surface area contributed by atoms with Crippen LogP contribution in [0, 0.1) is 13.8 Å². The first-order valence-electron chi connectivity index (χ1n) is 5.22. The summed E-state index contributed by atoms with van der Waals surface area (Å²) in [6, 6.07) is 1.08. The first-order chi connectivity index (χ1) is 7.88. The summed E-state index contributed by atoms with van der Waals surface area (Å²) in [5.41, 5.74) is 7.79. The van der Waals surface area contributed by atoms with Gasteiger partial charge in [0.2, 0.25) is 0 Å². The third kappa shape index (κ3) is 2.68. The highest BCUT2D eigenvalue weighted by atomic mass is 16.5. The van der Waals surface area contributed by atoms with Crippen molar-refractivity contribution in [1.29, 1.82) is 0 Å². The molecule has 94 valence electrons. The van der Waals surface area contributed by atoms with Crippen molar-refractivity contribution >= 4 is 5.97 Å². The summed E-state index contributed by atoms with van der Waals surface area (Å²) in [5, 5.41) is 18.5. The number of carboxylic acid groups (broad SMARTS) is 1. The second-order valence-electron chi connectivity index (χ2n) is 3.99. The fraction of sp³-hybridized carbons (Fsp3) is 0.417. The van der Waals surface area contributed by atoms with Gasteiger partial charge in [0.1, 0.15) is 0 Å². The molecular weight excluding hydrogens is 222 g/mol. The molecule has 1 aromatic carbocycles. The van der Waals surface area contributed by atoms with Crippen molar-refractivity contribution in [2.24, 2.45) is 5.73 Å². The number of phenolic OH excluding ortho intramolecular Hbond substituents is 1. The van der Waals surface area contributed by atoms with Crippen LogP contribution in [0.2, 0.25) is 0 Å². The standard InChI is InChI=1S/C12H17NO4/c1-6-4-8(9(13)5-10(14)15)7(2)12(17-3)11(6)16/h4,9,16H,5,13H2,1-3H3,(H,14,15). The van der Waals surface area contributed by atoms with Crippen molar-refractivity contribution < 1.29 is 19.7 Å².